The van der Waals surface area contributed by atoms with Gasteiger partial charge in [-0.15, -0.1) is 0 Å². The Morgan fingerprint density at radius 1 is 1.19 bits per heavy atom. The molecule has 5 heteroatoms. The van der Waals surface area contributed by atoms with Crippen LogP contribution in [0.25, 0.3) is 0 Å². The second-order valence-electron chi connectivity index (χ2n) is 7.41. The number of thiazole rings is 1. The summed E-state index contributed by atoms with van der Waals surface area (Å²) in [5.74, 6) is 0.977. The van der Waals surface area contributed by atoms with Crippen molar-refractivity contribution in [1.82, 2.24) is 9.88 Å². The van der Waals surface area contributed by atoms with Crippen LogP contribution in [0, 0.1) is 5.92 Å². The highest BCUT2D eigenvalue weighted by Gasteiger charge is 2.29. The molecule has 4 nitrogen and oxygen atoms in total. The van der Waals surface area contributed by atoms with E-state index in [1.165, 1.54) is 19.4 Å². The normalized spacial score (nSPS) is 21.0. The molecule has 1 aromatic heterocycles. The molecule has 2 aliphatic rings. The van der Waals surface area contributed by atoms with Crippen LogP contribution in [0.4, 0.5) is 5.13 Å². The van der Waals surface area contributed by atoms with Gasteiger partial charge in [-0.1, -0.05) is 32.1 Å². The van der Waals surface area contributed by atoms with Gasteiger partial charge in [-0.2, -0.15) is 0 Å². The predicted octanol–water partition coefficient (Wildman–Crippen LogP) is 2.46. The minimum Gasteiger partial charge on any atom is -0.391 e. The largest absolute Gasteiger partial charge is 0.391 e. The molecule has 118 valence electrons. The van der Waals surface area contributed by atoms with Gasteiger partial charge in [0.05, 0.1) is 17.2 Å². The van der Waals surface area contributed by atoms with E-state index < -0.39 is 0 Å². The number of aliphatic hydroxyl groups is 1. The molecule has 0 bridgehead atoms. The fourth-order valence-electron chi connectivity index (χ4n) is 2.96. The lowest BCUT2D eigenvalue weighted by molar-refractivity contribution is 0.248. The summed E-state index contributed by atoms with van der Waals surface area (Å²) >= 11 is 1.67. The first-order chi connectivity index (χ1) is 9.97. The molecule has 0 unspecified atom stereocenters. The van der Waals surface area contributed by atoms with Crippen molar-refractivity contribution in [2.24, 2.45) is 5.92 Å². The monoisotopic (exact) mass is 309 g/mol. The average Bonchev–Trinajstić information content (AvgIpc) is 3.13. The highest BCUT2D eigenvalue weighted by molar-refractivity contribution is 7.15. The van der Waals surface area contributed by atoms with Crippen molar-refractivity contribution in [1.29, 1.82) is 0 Å². The number of aliphatic hydroxyl groups excluding tert-OH is 1. The molecule has 2 heterocycles. The molecule has 0 aromatic carbocycles. The van der Waals surface area contributed by atoms with Crippen LogP contribution in [-0.4, -0.2) is 47.7 Å². The third-order valence-electron chi connectivity index (χ3n) is 4.40. The zero-order chi connectivity index (χ0) is 15.0. The van der Waals surface area contributed by atoms with Crippen LogP contribution in [-0.2, 0) is 12.0 Å². The van der Waals surface area contributed by atoms with Gasteiger partial charge in [0.15, 0.2) is 5.13 Å². The van der Waals surface area contributed by atoms with Crippen LogP contribution in [0.1, 0.15) is 44.2 Å². The number of hydrogen-bond donors (Lipinski definition) is 1. The Hall–Kier alpha value is -0.650. The molecule has 1 saturated heterocycles. The summed E-state index contributed by atoms with van der Waals surface area (Å²) in [6, 6.07) is 0. The van der Waals surface area contributed by atoms with Crippen LogP contribution in [0.15, 0.2) is 0 Å². The molecule has 1 aliphatic carbocycles. The van der Waals surface area contributed by atoms with E-state index in [2.05, 4.69) is 30.6 Å². The molecule has 1 aliphatic heterocycles. The second kappa shape index (κ2) is 5.86. The Kier molecular flexibility index (Phi) is 4.26. The molecule has 2 fully saturated rings. The summed E-state index contributed by atoms with van der Waals surface area (Å²) in [5, 5.41) is 10.7. The van der Waals surface area contributed by atoms with Gasteiger partial charge in [0.2, 0.25) is 0 Å². The number of piperazine rings is 1. The summed E-state index contributed by atoms with van der Waals surface area (Å²) in [6.45, 7) is 12.3. The van der Waals surface area contributed by atoms with E-state index >= 15 is 0 Å². The second-order valence-corrected chi connectivity index (χ2v) is 8.47. The standard InChI is InChI=1S/C16H27N3OS/c1-16(2,3)14-13(11-20)21-15(17-14)19-8-6-18(7-9-19)10-12-4-5-12/h12,20H,4-11H2,1-3H3. The van der Waals surface area contributed by atoms with Gasteiger partial charge in [0, 0.05) is 38.1 Å². The number of rotatable bonds is 4. The quantitative estimate of drug-likeness (QED) is 0.927. The first-order valence-electron chi connectivity index (χ1n) is 8.05. The molecule has 1 saturated carbocycles. The van der Waals surface area contributed by atoms with E-state index in [1.807, 2.05) is 0 Å². The van der Waals surface area contributed by atoms with Crippen LogP contribution in [0.5, 0.6) is 0 Å². The van der Waals surface area contributed by atoms with Gasteiger partial charge in [0.1, 0.15) is 0 Å². The Morgan fingerprint density at radius 3 is 2.33 bits per heavy atom. The fraction of sp³-hybridized carbons (Fsp3) is 0.812. The molecular formula is C16H27N3OS. The summed E-state index contributed by atoms with van der Waals surface area (Å²) in [5.41, 5.74) is 1.06. The number of nitrogens with zero attached hydrogens (tertiary/aromatic N) is 3. The number of anilines is 1. The maximum Gasteiger partial charge on any atom is 0.185 e. The van der Waals surface area contributed by atoms with Gasteiger partial charge in [-0.05, 0) is 18.8 Å². The van der Waals surface area contributed by atoms with Crippen LogP contribution in [0.3, 0.4) is 0 Å². The van der Waals surface area contributed by atoms with E-state index in [9.17, 15) is 5.11 Å². The van der Waals surface area contributed by atoms with Gasteiger partial charge >= 0.3 is 0 Å². The lowest BCUT2D eigenvalue weighted by atomic mass is 9.91. The lowest BCUT2D eigenvalue weighted by Gasteiger charge is -2.34. The molecule has 0 spiro atoms. The number of hydrogen-bond acceptors (Lipinski definition) is 5. The summed E-state index contributed by atoms with van der Waals surface area (Å²) < 4.78 is 0. The maximum atomic E-state index is 9.59. The van der Waals surface area contributed by atoms with Crippen molar-refractivity contribution in [2.75, 3.05) is 37.6 Å². The van der Waals surface area contributed by atoms with Crippen molar-refractivity contribution in [3.8, 4) is 0 Å². The van der Waals surface area contributed by atoms with Crippen molar-refractivity contribution < 1.29 is 5.11 Å². The molecule has 1 aromatic rings. The van der Waals surface area contributed by atoms with Crippen molar-refractivity contribution >= 4 is 16.5 Å². The topological polar surface area (TPSA) is 39.6 Å². The fourth-order valence-corrected chi connectivity index (χ4v) is 4.14. The van der Waals surface area contributed by atoms with Gasteiger partial charge in [0.25, 0.3) is 0 Å². The predicted molar refractivity (Wildman–Crippen MR) is 88.1 cm³/mol. The third kappa shape index (κ3) is 3.58. The van der Waals surface area contributed by atoms with Gasteiger partial charge in [-0.3, -0.25) is 4.90 Å². The molecule has 0 amide bonds. The van der Waals surface area contributed by atoms with Crippen LogP contribution in [0.2, 0.25) is 0 Å². The first kappa shape index (κ1) is 15.3. The van der Waals surface area contributed by atoms with Crippen LogP contribution < -0.4 is 4.90 Å². The zero-order valence-electron chi connectivity index (χ0n) is 13.4. The van der Waals surface area contributed by atoms with Crippen LogP contribution >= 0.6 is 11.3 Å². The number of aromatic nitrogens is 1. The Morgan fingerprint density at radius 2 is 1.86 bits per heavy atom. The minimum absolute atomic E-state index is 0.000604. The molecule has 0 atom stereocenters. The van der Waals surface area contributed by atoms with E-state index in [0.29, 0.717) is 0 Å². The van der Waals surface area contributed by atoms with E-state index in [-0.39, 0.29) is 12.0 Å². The lowest BCUT2D eigenvalue weighted by Crippen LogP contribution is -2.47. The van der Waals surface area contributed by atoms with Crippen molar-refractivity contribution in [3.63, 3.8) is 0 Å². The highest BCUT2D eigenvalue weighted by atomic mass is 32.1. The average molecular weight is 309 g/mol. The molecule has 1 N–H and O–H groups in total. The Labute approximate surface area is 131 Å². The summed E-state index contributed by atoms with van der Waals surface area (Å²) in [7, 11) is 0. The molecule has 3 rings (SSSR count). The molecule has 21 heavy (non-hydrogen) atoms. The smallest absolute Gasteiger partial charge is 0.185 e. The summed E-state index contributed by atoms with van der Waals surface area (Å²) in [4.78, 5) is 10.9. The van der Waals surface area contributed by atoms with Crippen molar-refractivity contribution in [2.45, 2.75) is 45.6 Å². The highest BCUT2D eigenvalue weighted by Crippen LogP contribution is 2.34. The molecular weight excluding hydrogens is 282 g/mol. The summed E-state index contributed by atoms with van der Waals surface area (Å²) in [6.07, 6.45) is 2.86. The minimum atomic E-state index is 0.000604. The van der Waals surface area contributed by atoms with E-state index in [0.717, 1.165) is 47.8 Å². The Balaban J connectivity index is 1.65. The maximum absolute atomic E-state index is 9.59. The molecule has 0 radical (unpaired) electrons. The zero-order valence-corrected chi connectivity index (χ0v) is 14.2. The van der Waals surface area contributed by atoms with Gasteiger partial charge in [-0.25, -0.2) is 4.98 Å². The van der Waals surface area contributed by atoms with E-state index in [1.54, 1.807) is 11.3 Å². The first-order valence-corrected chi connectivity index (χ1v) is 8.87. The SMILES string of the molecule is CC(C)(C)c1nc(N2CCN(CC3CC3)CC2)sc1CO. The third-order valence-corrected chi connectivity index (χ3v) is 5.50. The van der Waals surface area contributed by atoms with E-state index in [4.69, 9.17) is 4.98 Å². The van der Waals surface area contributed by atoms with Crippen molar-refractivity contribution in [3.05, 3.63) is 10.6 Å². The Bertz CT molecular complexity index is 482. The van der Waals surface area contributed by atoms with Gasteiger partial charge < -0.3 is 10.0 Å².